The van der Waals surface area contributed by atoms with E-state index in [2.05, 4.69) is 10.6 Å². The maximum Gasteiger partial charge on any atom is 0.321 e. The molecule has 1 aromatic rings. The van der Waals surface area contributed by atoms with Gasteiger partial charge in [-0.05, 0) is 25.1 Å². The van der Waals surface area contributed by atoms with Crippen molar-refractivity contribution in [1.82, 2.24) is 5.32 Å². The number of anilines is 1. The average Bonchev–Trinajstić information content (AvgIpc) is 2.33. The van der Waals surface area contributed by atoms with E-state index < -0.39 is 24.0 Å². The minimum absolute atomic E-state index is 0.0986. The molecule has 4 N–H and O–H groups in total. The van der Waals surface area contributed by atoms with Gasteiger partial charge >= 0.3 is 5.97 Å². The zero-order valence-corrected chi connectivity index (χ0v) is 11.7. The van der Waals surface area contributed by atoms with Crippen LogP contribution >= 0.6 is 11.6 Å². The molecule has 0 heterocycles. The van der Waals surface area contributed by atoms with Crippen LogP contribution in [-0.4, -0.2) is 40.8 Å². The Labute approximate surface area is 121 Å². The topological polar surface area (TPSA) is 98.7 Å². The Kier molecular flexibility index (Phi) is 6.44. The van der Waals surface area contributed by atoms with Gasteiger partial charge < -0.3 is 20.8 Å². The molecule has 0 spiro atoms. The number of hydrogen-bond donors (Lipinski definition) is 4. The lowest BCUT2D eigenvalue weighted by molar-refractivity contribution is -0.141. The van der Waals surface area contributed by atoms with E-state index in [1.807, 2.05) is 0 Å². The largest absolute Gasteiger partial charge is 0.480 e. The third-order valence-corrected chi connectivity index (χ3v) is 2.69. The fraction of sp³-hybridized carbons (Fsp3) is 0.385. The van der Waals surface area contributed by atoms with Gasteiger partial charge in [0, 0.05) is 17.3 Å². The van der Waals surface area contributed by atoms with Gasteiger partial charge in [-0.2, -0.15) is 0 Å². The smallest absolute Gasteiger partial charge is 0.321 e. The highest BCUT2D eigenvalue weighted by atomic mass is 35.5. The van der Waals surface area contributed by atoms with E-state index in [1.165, 1.54) is 6.92 Å². The number of hydrogen-bond acceptors (Lipinski definition) is 4. The van der Waals surface area contributed by atoms with Crippen LogP contribution in [0.5, 0.6) is 0 Å². The molecule has 0 saturated heterocycles. The minimum Gasteiger partial charge on any atom is -0.480 e. The molecular weight excluding hydrogens is 284 g/mol. The van der Waals surface area contributed by atoms with Gasteiger partial charge in [-0.25, -0.2) is 0 Å². The molecule has 7 heteroatoms. The summed E-state index contributed by atoms with van der Waals surface area (Å²) in [5.74, 6) is -1.59. The van der Waals surface area contributed by atoms with Crippen LogP contribution in [0.1, 0.15) is 13.3 Å². The summed E-state index contributed by atoms with van der Waals surface area (Å²) in [6.45, 7) is 1.62. The first kappa shape index (κ1) is 16.4. The van der Waals surface area contributed by atoms with Crippen molar-refractivity contribution in [3.63, 3.8) is 0 Å². The number of aliphatic hydroxyl groups excluding tert-OH is 1. The molecule has 0 bridgehead atoms. The van der Waals surface area contributed by atoms with Crippen LogP contribution in [0.3, 0.4) is 0 Å². The Bertz CT molecular complexity index is 479. The quantitative estimate of drug-likeness (QED) is 0.604. The van der Waals surface area contributed by atoms with Gasteiger partial charge in [0.25, 0.3) is 0 Å². The first-order chi connectivity index (χ1) is 9.38. The molecule has 0 aliphatic rings. The van der Waals surface area contributed by atoms with Crippen LogP contribution in [0.2, 0.25) is 5.02 Å². The summed E-state index contributed by atoms with van der Waals surface area (Å²) in [5, 5.41) is 23.8. The minimum atomic E-state index is -1.15. The molecular formula is C13H17ClN2O4. The average molecular weight is 301 g/mol. The van der Waals surface area contributed by atoms with Crippen molar-refractivity contribution in [2.75, 3.05) is 11.9 Å². The fourth-order valence-corrected chi connectivity index (χ4v) is 1.71. The second-order valence-corrected chi connectivity index (χ2v) is 4.85. The summed E-state index contributed by atoms with van der Waals surface area (Å²) >= 11 is 5.78. The predicted molar refractivity (Wildman–Crippen MR) is 75.8 cm³/mol. The zero-order chi connectivity index (χ0) is 15.1. The van der Waals surface area contributed by atoms with Crippen LogP contribution in [-0.2, 0) is 9.59 Å². The molecule has 0 aliphatic heterocycles. The highest BCUT2D eigenvalue weighted by Gasteiger charge is 2.21. The fourth-order valence-electron chi connectivity index (χ4n) is 1.52. The number of carboxylic acids is 1. The third-order valence-electron chi connectivity index (χ3n) is 2.46. The second kappa shape index (κ2) is 7.84. The maximum atomic E-state index is 11.8. The number of carbonyl (C=O) groups excluding carboxylic acids is 1. The van der Waals surface area contributed by atoms with Crippen molar-refractivity contribution in [2.24, 2.45) is 0 Å². The van der Waals surface area contributed by atoms with Crippen molar-refractivity contribution >= 4 is 29.2 Å². The van der Waals surface area contributed by atoms with Gasteiger partial charge in [-0.3, -0.25) is 9.59 Å². The number of benzene rings is 1. The van der Waals surface area contributed by atoms with E-state index in [9.17, 15) is 9.59 Å². The van der Waals surface area contributed by atoms with Crippen LogP contribution in [0, 0.1) is 0 Å². The van der Waals surface area contributed by atoms with Gasteiger partial charge in [-0.1, -0.05) is 17.7 Å². The lowest BCUT2D eigenvalue weighted by atomic mass is 10.2. The highest BCUT2D eigenvalue weighted by molar-refractivity contribution is 6.30. The number of amides is 1. The molecule has 110 valence electrons. The standard InChI is InChI=1S/C13H17ClN2O4/c1-8(17)7-15-11(13(19)20)6-12(18)16-10-4-2-3-9(14)5-10/h2-5,8,11,15,17H,6-7H2,1H3,(H,16,18)(H,19,20). The van der Waals surface area contributed by atoms with Gasteiger partial charge in [0.05, 0.1) is 12.5 Å². The lowest BCUT2D eigenvalue weighted by Gasteiger charge is -2.15. The Hall–Kier alpha value is -1.63. The van der Waals surface area contributed by atoms with Crippen molar-refractivity contribution in [3.05, 3.63) is 29.3 Å². The molecule has 1 rings (SSSR count). The zero-order valence-electron chi connectivity index (χ0n) is 11.0. The normalized spacial score (nSPS) is 13.6. The molecule has 0 fully saturated rings. The molecule has 2 unspecified atom stereocenters. The van der Waals surface area contributed by atoms with Crippen molar-refractivity contribution in [1.29, 1.82) is 0 Å². The molecule has 20 heavy (non-hydrogen) atoms. The molecule has 0 radical (unpaired) electrons. The predicted octanol–water partition coefficient (Wildman–Crippen LogP) is 1.09. The van der Waals surface area contributed by atoms with Gasteiger partial charge in [0.2, 0.25) is 5.91 Å². The third kappa shape index (κ3) is 6.01. The van der Waals surface area contributed by atoms with E-state index >= 15 is 0 Å². The van der Waals surface area contributed by atoms with Crippen LogP contribution in [0.15, 0.2) is 24.3 Å². The van der Waals surface area contributed by atoms with E-state index in [0.717, 1.165) is 0 Å². The van der Waals surface area contributed by atoms with E-state index in [-0.39, 0.29) is 13.0 Å². The lowest BCUT2D eigenvalue weighted by Crippen LogP contribution is -2.42. The number of aliphatic hydroxyl groups is 1. The second-order valence-electron chi connectivity index (χ2n) is 4.41. The van der Waals surface area contributed by atoms with Gasteiger partial charge in [0.1, 0.15) is 6.04 Å². The Morgan fingerprint density at radius 3 is 2.65 bits per heavy atom. The summed E-state index contributed by atoms with van der Waals surface area (Å²) in [6, 6.07) is 5.52. The van der Waals surface area contributed by atoms with Crippen molar-refractivity contribution in [2.45, 2.75) is 25.5 Å². The molecule has 1 amide bonds. The maximum absolute atomic E-state index is 11.8. The van der Waals surface area contributed by atoms with Crippen molar-refractivity contribution < 1.29 is 19.8 Å². The monoisotopic (exact) mass is 300 g/mol. The number of halogens is 1. The first-order valence-corrected chi connectivity index (χ1v) is 6.46. The number of aliphatic carboxylic acids is 1. The molecule has 2 atom stereocenters. The van der Waals surface area contributed by atoms with Crippen LogP contribution in [0.25, 0.3) is 0 Å². The Morgan fingerprint density at radius 1 is 1.40 bits per heavy atom. The van der Waals surface area contributed by atoms with E-state index in [0.29, 0.717) is 10.7 Å². The number of rotatable bonds is 7. The number of nitrogens with one attached hydrogen (secondary N) is 2. The molecule has 0 saturated carbocycles. The SMILES string of the molecule is CC(O)CNC(CC(=O)Nc1cccc(Cl)c1)C(=O)O. The van der Waals surface area contributed by atoms with Crippen LogP contribution in [0.4, 0.5) is 5.69 Å². The number of carbonyl (C=O) groups is 2. The summed E-state index contributed by atoms with van der Waals surface area (Å²) < 4.78 is 0. The first-order valence-electron chi connectivity index (χ1n) is 6.08. The van der Waals surface area contributed by atoms with Gasteiger partial charge in [-0.15, -0.1) is 0 Å². The Morgan fingerprint density at radius 2 is 2.10 bits per heavy atom. The molecule has 6 nitrogen and oxygen atoms in total. The summed E-state index contributed by atoms with van der Waals surface area (Å²) in [4.78, 5) is 22.8. The molecule has 1 aromatic carbocycles. The molecule has 0 aromatic heterocycles. The summed E-state index contributed by atoms with van der Waals surface area (Å²) in [5.41, 5.74) is 0.502. The van der Waals surface area contributed by atoms with E-state index in [1.54, 1.807) is 24.3 Å². The van der Waals surface area contributed by atoms with E-state index in [4.69, 9.17) is 21.8 Å². The van der Waals surface area contributed by atoms with Gasteiger partial charge in [0.15, 0.2) is 0 Å². The Balaban J connectivity index is 2.55. The summed E-state index contributed by atoms with van der Waals surface area (Å²) in [6.07, 6.45) is -0.929. The molecule has 0 aliphatic carbocycles. The summed E-state index contributed by atoms with van der Waals surface area (Å²) in [7, 11) is 0. The highest BCUT2D eigenvalue weighted by Crippen LogP contribution is 2.15. The number of carboxylic acid groups (broad SMARTS) is 1. The van der Waals surface area contributed by atoms with Crippen LogP contribution < -0.4 is 10.6 Å². The van der Waals surface area contributed by atoms with Crippen molar-refractivity contribution in [3.8, 4) is 0 Å².